The van der Waals surface area contributed by atoms with Gasteiger partial charge < -0.3 is 5.32 Å². The number of nitrogens with zero attached hydrogens (tertiary/aromatic N) is 2. The maximum absolute atomic E-state index is 11.4. The van der Waals surface area contributed by atoms with Gasteiger partial charge in [0.1, 0.15) is 0 Å². The summed E-state index contributed by atoms with van der Waals surface area (Å²) in [6.07, 6.45) is 3.95. The molecule has 0 bridgehead atoms. The lowest BCUT2D eigenvalue weighted by molar-refractivity contribution is -0.694. The molecule has 2 aromatic rings. The average Bonchev–Trinajstić information content (AvgIpc) is 2.55. The van der Waals surface area contributed by atoms with Gasteiger partial charge in [-0.3, -0.25) is 5.21 Å². The zero-order valence-corrected chi connectivity index (χ0v) is 12.1. The van der Waals surface area contributed by atoms with Crippen LogP contribution in [0.25, 0.3) is 11.1 Å². The fourth-order valence-corrected chi connectivity index (χ4v) is 1.96. The number of carbonyl (C=O) groups excluding carboxylic acids is 1. The van der Waals surface area contributed by atoms with Gasteiger partial charge in [-0.1, -0.05) is 30.3 Å². The molecular formula is C16H20N3O2+. The van der Waals surface area contributed by atoms with E-state index in [1.807, 2.05) is 47.3 Å². The van der Waals surface area contributed by atoms with Crippen LogP contribution in [-0.2, 0) is 6.54 Å². The molecule has 1 heterocycles. The molecular weight excluding hydrogens is 266 g/mol. The Morgan fingerprint density at radius 2 is 1.76 bits per heavy atom. The van der Waals surface area contributed by atoms with Gasteiger partial charge in [-0.05, 0) is 18.1 Å². The van der Waals surface area contributed by atoms with Crippen LogP contribution in [0.4, 0.5) is 4.79 Å². The van der Waals surface area contributed by atoms with Gasteiger partial charge in [0.25, 0.3) is 0 Å². The van der Waals surface area contributed by atoms with E-state index in [0.29, 0.717) is 18.2 Å². The van der Waals surface area contributed by atoms with Crippen molar-refractivity contribution in [2.45, 2.75) is 13.5 Å². The number of carbonyl (C=O) groups is 1. The smallest absolute Gasteiger partial charge is 0.330 e. The van der Waals surface area contributed by atoms with Gasteiger partial charge in [0.2, 0.25) is 0 Å². The van der Waals surface area contributed by atoms with Crippen LogP contribution >= 0.6 is 0 Å². The Bertz CT molecular complexity index is 570. The van der Waals surface area contributed by atoms with E-state index in [1.165, 1.54) is 5.56 Å². The van der Waals surface area contributed by atoms with Crippen molar-refractivity contribution in [2.75, 3.05) is 13.1 Å². The molecule has 0 radical (unpaired) electrons. The largest absolute Gasteiger partial charge is 0.341 e. The number of benzene rings is 1. The molecule has 2 amide bonds. The Hall–Kier alpha value is -2.40. The van der Waals surface area contributed by atoms with Gasteiger partial charge in [-0.2, -0.15) is 0 Å². The maximum atomic E-state index is 11.4. The monoisotopic (exact) mass is 286 g/mol. The Labute approximate surface area is 124 Å². The molecule has 2 N–H and O–H groups in total. The molecule has 0 unspecified atom stereocenters. The molecule has 21 heavy (non-hydrogen) atoms. The Balaban J connectivity index is 1.87. The molecule has 0 aliphatic rings. The Kier molecular flexibility index (Phi) is 5.29. The summed E-state index contributed by atoms with van der Waals surface area (Å²) < 4.78 is 1.99. The highest BCUT2D eigenvalue weighted by Gasteiger charge is 2.08. The van der Waals surface area contributed by atoms with Crippen LogP contribution in [0.5, 0.6) is 0 Å². The molecule has 0 atom stereocenters. The summed E-state index contributed by atoms with van der Waals surface area (Å²) in [5.74, 6) is 0. The number of hydroxylamine groups is 2. The predicted octanol–water partition coefficient (Wildman–Crippen LogP) is 2.06. The number of nitrogens with one attached hydrogen (secondary N) is 1. The summed E-state index contributed by atoms with van der Waals surface area (Å²) in [4.78, 5) is 11.4. The van der Waals surface area contributed by atoms with Crippen molar-refractivity contribution in [3.05, 3.63) is 54.9 Å². The van der Waals surface area contributed by atoms with Gasteiger partial charge in [0.15, 0.2) is 18.9 Å². The summed E-state index contributed by atoms with van der Waals surface area (Å²) in [7, 11) is 0. The van der Waals surface area contributed by atoms with Crippen LogP contribution in [-0.4, -0.2) is 29.4 Å². The van der Waals surface area contributed by atoms with Crippen LogP contribution in [0.2, 0.25) is 0 Å². The first kappa shape index (κ1) is 15.0. The summed E-state index contributed by atoms with van der Waals surface area (Å²) in [5, 5.41) is 12.5. The molecule has 110 valence electrons. The van der Waals surface area contributed by atoms with Crippen LogP contribution in [0.3, 0.4) is 0 Å². The lowest BCUT2D eigenvalue weighted by atomic mass is 10.1. The second-order valence-electron chi connectivity index (χ2n) is 4.64. The zero-order chi connectivity index (χ0) is 15.1. The van der Waals surface area contributed by atoms with Crippen LogP contribution in [0.15, 0.2) is 54.9 Å². The number of aromatic nitrogens is 1. The highest BCUT2D eigenvalue weighted by Crippen LogP contribution is 2.16. The number of urea groups is 1. The normalized spacial score (nSPS) is 10.2. The van der Waals surface area contributed by atoms with E-state index in [4.69, 9.17) is 0 Å². The first-order valence-electron chi connectivity index (χ1n) is 6.99. The van der Waals surface area contributed by atoms with Gasteiger partial charge in [0, 0.05) is 18.7 Å². The van der Waals surface area contributed by atoms with Crippen LogP contribution < -0.4 is 9.88 Å². The van der Waals surface area contributed by atoms with E-state index in [2.05, 4.69) is 17.4 Å². The van der Waals surface area contributed by atoms with E-state index in [9.17, 15) is 10.0 Å². The average molecular weight is 286 g/mol. The highest BCUT2D eigenvalue weighted by atomic mass is 16.5. The topological polar surface area (TPSA) is 56.5 Å². The third-order valence-corrected chi connectivity index (χ3v) is 3.18. The van der Waals surface area contributed by atoms with Gasteiger partial charge >= 0.3 is 6.03 Å². The Morgan fingerprint density at radius 1 is 1.14 bits per heavy atom. The fourth-order valence-electron chi connectivity index (χ4n) is 1.96. The third kappa shape index (κ3) is 4.29. The lowest BCUT2D eigenvalue weighted by Crippen LogP contribution is -2.44. The summed E-state index contributed by atoms with van der Waals surface area (Å²) in [6, 6.07) is 13.8. The lowest BCUT2D eigenvalue weighted by Gasteiger charge is -2.12. The van der Waals surface area contributed by atoms with Crippen molar-refractivity contribution in [2.24, 2.45) is 0 Å². The number of pyridine rings is 1. The highest BCUT2D eigenvalue weighted by molar-refractivity contribution is 5.72. The van der Waals surface area contributed by atoms with E-state index in [0.717, 1.165) is 5.56 Å². The van der Waals surface area contributed by atoms with E-state index >= 15 is 0 Å². The fraction of sp³-hybridized carbons (Fsp3) is 0.250. The summed E-state index contributed by atoms with van der Waals surface area (Å²) in [6.45, 7) is 3.09. The molecule has 5 nitrogen and oxygen atoms in total. The number of amides is 2. The molecule has 0 spiro atoms. The second-order valence-corrected chi connectivity index (χ2v) is 4.64. The van der Waals surface area contributed by atoms with E-state index < -0.39 is 6.03 Å². The first-order chi connectivity index (χ1) is 10.2. The van der Waals surface area contributed by atoms with E-state index in [-0.39, 0.29) is 6.54 Å². The summed E-state index contributed by atoms with van der Waals surface area (Å²) in [5.41, 5.74) is 2.33. The molecule has 5 heteroatoms. The van der Waals surface area contributed by atoms with Crippen LogP contribution in [0.1, 0.15) is 6.92 Å². The quantitative estimate of drug-likeness (QED) is 0.502. The predicted molar refractivity (Wildman–Crippen MR) is 79.6 cm³/mol. The van der Waals surface area contributed by atoms with Gasteiger partial charge in [-0.15, -0.1) is 0 Å². The van der Waals surface area contributed by atoms with Crippen LogP contribution in [0, 0.1) is 0 Å². The molecule has 0 fully saturated rings. The van der Waals surface area contributed by atoms with Crippen molar-refractivity contribution < 1.29 is 14.6 Å². The molecule has 1 aromatic carbocycles. The molecule has 1 aromatic heterocycles. The minimum atomic E-state index is -0.473. The zero-order valence-electron chi connectivity index (χ0n) is 12.1. The number of hydrogen-bond acceptors (Lipinski definition) is 2. The maximum Gasteiger partial charge on any atom is 0.341 e. The minimum absolute atomic E-state index is 0.269. The minimum Gasteiger partial charge on any atom is -0.330 e. The standard InChI is InChI=1S/C16H19N3O2/c1-2-19(21)16(20)17-10-13-18-11-8-15(9-12-18)14-6-4-3-5-7-14/h3-9,11-12,21H,2,10,13H2,1H3/p+1. The van der Waals surface area contributed by atoms with E-state index in [1.54, 1.807) is 6.92 Å². The first-order valence-corrected chi connectivity index (χ1v) is 6.99. The van der Waals surface area contributed by atoms with Gasteiger partial charge in [-0.25, -0.2) is 14.4 Å². The summed E-state index contributed by atoms with van der Waals surface area (Å²) >= 11 is 0. The second kappa shape index (κ2) is 7.40. The van der Waals surface area contributed by atoms with Crippen molar-refractivity contribution in [1.82, 2.24) is 10.4 Å². The third-order valence-electron chi connectivity index (χ3n) is 3.18. The van der Waals surface area contributed by atoms with Crippen molar-refractivity contribution in [3.63, 3.8) is 0 Å². The van der Waals surface area contributed by atoms with Gasteiger partial charge in [0.05, 0.1) is 6.54 Å². The molecule has 0 aliphatic heterocycles. The molecule has 0 aliphatic carbocycles. The van der Waals surface area contributed by atoms with Crippen molar-refractivity contribution >= 4 is 6.03 Å². The molecule has 0 saturated carbocycles. The number of hydrogen-bond donors (Lipinski definition) is 2. The Morgan fingerprint density at radius 3 is 2.38 bits per heavy atom. The van der Waals surface area contributed by atoms with Crippen molar-refractivity contribution in [1.29, 1.82) is 0 Å². The van der Waals surface area contributed by atoms with Crippen molar-refractivity contribution in [3.8, 4) is 11.1 Å². The molecule has 2 rings (SSSR count). The molecule has 0 saturated heterocycles. The SMILES string of the molecule is CCN(O)C(=O)NCC[n+]1ccc(-c2ccccc2)cc1. The number of rotatable bonds is 5.